The maximum atomic E-state index is 5.01. The molecule has 2 aromatic rings. The summed E-state index contributed by atoms with van der Waals surface area (Å²) >= 11 is 0. The Kier molecular flexibility index (Phi) is 4.66. The van der Waals surface area contributed by atoms with Crippen LogP contribution in [0.2, 0.25) is 0 Å². The predicted octanol–water partition coefficient (Wildman–Crippen LogP) is 1.62. The van der Waals surface area contributed by atoms with Crippen LogP contribution in [0, 0.1) is 0 Å². The molecule has 0 fully saturated rings. The number of aromatic nitrogens is 3. The van der Waals surface area contributed by atoms with Gasteiger partial charge >= 0.3 is 0 Å². The normalized spacial score (nSPS) is 13.0. The summed E-state index contributed by atoms with van der Waals surface area (Å²) in [6.45, 7) is 4.79. The lowest BCUT2D eigenvalue weighted by Crippen LogP contribution is -2.25. The summed E-state index contributed by atoms with van der Waals surface area (Å²) in [7, 11) is 1.73. The molecule has 1 N–H and O–H groups in total. The maximum absolute atomic E-state index is 5.01. The van der Waals surface area contributed by atoms with E-state index in [0.717, 1.165) is 37.2 Å². The van der Waals surface area contributed by atoms with E-state index in [4.69, 9.17) is 4.74 Å². The van der Waals surface area contributed by atoms with Gasteiger partial charge in [0.05, 0.1) is 11.6 Å². The van der Waals surface area contributed by atoms with Crippen LogP contribution in [0.3, 0.4) is 0 Å². The third-order valence-corrected chi connectivity index (χ3v) is 2.94. The van der Waals surface area contributed by atoms with Crippen molar-refractivity contribution < 1.29 is 4.74 Å². The first kappa shape index (κ1) is 13.0. The fourth-order valence-electron chi connectivity index (χ4n) is 1.95. The molecular weight excluding hydrogens is 228 g/mol. The summed E-state index contributed by atoms with van der Waals surface area (Å²) in [5.74, 6) is 0. The molecule has 18 heavy (non-hydrogen) atoms. The van der Waals surface area contributed by atoms with Crippen molar-refractivity contribution in [1.29, 1.82) is 0 Å². The summed E-state index contributed by atoms with van der Waals surface area (Å²) < 4.78 is 6.98. The van der Waals surface area contributed by atoms with Crippen LogP contribution < -0.4 is 5.32 Å². The number of para-hydroxylation sites is 1. The summed E-state index contributed by atoms with van der Waals surface area (Å²) in [5.41, 5.74) is 2.03. The van der Waals surface area contributed by atoms with Crippen molar-refractivity contribution in [2.45, 2.75) is 19.4 Å². The SMILES string of the molecule is COCCCNCC(C)n1nnc2ccccc21. The molecule has 0 aliphatic carbocycles. The molecule has 0 bridgehead atoms. The van der Waals surface area contributed by atoms with Crippen LogP contribution in [0.5, 0.6) is 0 Å². The zero-order chi connectivity index (χ0) is 12.8. The zero-order valence-corrected chi connectivity index (χ0v) is 11.0. The second kappa shape index (κ2) is 6.47. The minimum absolute atomic E-state index is 0.292. The Morgan fingerprint density at radius 1 is 1.39 bits per heavy atom. The molecule has 0 saturated heterocycles. The highest BCUT2D eigenvalue weighted by atomic mass is 16.5. The van der Waals surface area contributed by atoms with Crippen molar-refractivity contribution >= 4 is 11.0 Å². The number of nitrogens with one attached hydrogen (secondary N) is 1. The first-order valence-electron chi connectivity index (χ1n) is 6.32. The monoisotopic (exact) mass is 248 g/mol. The van der Waals surface area contributed by atoms with Gasteiger partial charge in [-0.1, -0.05) is 17.3 Å². The summed E-state index contributed by atoms with van der Waals surface area (Å²) in [6.07, 6.45) is 1.03. The Labute approximate surface area is 107 Å². The van der Waals surface area contributed by atoms with E-state index in [-0.39, 0.29) is 0 Å². The Bertz CT molecular complexity index is 483. The average molecular weight is 248 g/mol. The van der Waals surface area contributed by atoms with Crippen LogP contribution >= 0.6 is 0 Å². The second-order valence-electron chi connectivity index (χ2n) is 4.42. The fourth-order valence-corrected chi connectivity index (χ4v) is 1.95. The number of hydrogen-bond acceptors (Lipinski definition) is 4. The summed E-state index contributed by atoms with van der Waals surface area (Å²) in [6, 6.07) is 8.32. The molecular formula is C13H20N4O. The molecule has 5 nitrogen and oxygen atoms in total. The average Bonchev–Trinajstić information content (AvgIpc) is 2.82. The van der Waals surface area contributed by atoms with Crippen LogP contribution in [-0.2, 0) is 4.74 Å². The Morgan fingerprint density at radius 3 is 3.06 bits per heavy atom. The maximum Gasteiger partial charge on any atom is 0.113 e. The number of fused-ring (bicyclic) bond motifs is 1. The standard InChI is InChI=1S/C13H20N4O/c1-11(10-14-8-5-9-18-2)17-13-7-4-3-6-12(13)15-16-17/h3-4,6-7,11,14H,5,8-10H2,1-2H3. The summed E-state index contributed by atoms with van der Waals surface area (Å²) in [4.78, 5) is 0. The van der Waals surface area contributed by atoms with E-state index >= 15 is 0 Å². The van der Waals surface area contributed by atoms with Gasteiger partial charge in [-0.15, -0.1) is 5.10 Å². The Morgan fingerprint density at radius 2 is 2.22 bits per heavy atom. The summed E-state index contributed by atoms with van der Waals surface area (Å²) in [5, 5.41) is 11.8. The number of rotatable bonds is 7. The molecule has 1 aromatic heterocycles. The van der Waals surface area contributed by atoms with Crippen LogP contribution in [0.1, 0.15) is 19.4 Å². The third-order valence-electron chi connectivity index (χ3n) is 2.94. The zero-order valence-electron chi connectivity index (χ0n) is 11.0. The van der Waals surface area contributed by atoms with Gasteiger partial charge in [-0.25, -0.2) is 4.68 Å². The molecule has 0 spiro atoms. The smallest absolute Gasteiger partial charge is 0.113 e. The molecule has 1 atom stereocenters. The van der Waals surface area contributed by atoms with Gasteiger partial charge in [0.1, 0.15) is 5.52 Å². The molecule has 1 unspecified atom stereocenters. The lowest BCUT2D eigenvalue weighted by Gasteiger charge is -2.13. The quantitative estimate of drug-likeness (QED) is 0.756. The van der Waals surface area contributed by atoms with E-state index in [1.165, 1.54) is 0 Å². The lowest BCUT2D eigenvalue weighted by atomic mass is 10.3. The number of benzene rings is 1. The van der Waals surface area contributed by atoms with E-state index in [2.05, 4.69) is 28.6 Å². The van der Waals surface area contributed by atoms with Crippen molar-refractivity contribution in [2.24, 2.45) is 0 Å². The van der Waals surface area contributed by atoms with E-state index < -0.39 is 0 Å². The Hall–Kier alpha value is -1.46. The van der Waals surface area contributed by atoms with E-state index in [9.17, 15) is 0 Å². The van der Waals surface area contributed by atoms with Crippen molar-refractivity contribution in [3.8, 4) is 0 Å². The molecule has 0 radical (unpaired) electrons. The van der Waals surface area contributed by atoms with Gasteiger partial charge in [-0.3, -0.25) is 0 Å². The largest absolute Gasteiger partial charge is 0.385 e. The topological polar surface area (TPSA) is 52.0 Å². The minimum Gasteiger partial charge on any atom is -0.385 e. The van der Waals surface area contributed by atoms with Crippen molar-refractivity contribution in [3.05, 3.63) is 24.3 Å². The molecule has 5 heteroatoms. The highest BCUT2D eigenvalue weighted by molar-refractivity contribution is 5.73. The Balaban J connectivity index is 1.90. The van der Waals surface area contributed by atoms with Gasteiger partial charge in [0, 0.05) is 20.3 Å². The molecule has 98 valence electrons. The number of methoxy groups -OCH3 is 1. The first-order valence-corrected chi connectivity index (χ1v) is 6.32. The minimum atomic E-state index is 0.292. The van der Waals surface area contributed by atoms with Gasteiger partial charge < -0.3 is 10.1 Å². The van der Waals surface area contributed by atoms with Crippen molar-refractivity contribution in [2.75, 3.05) is 26.8 Å². The van der Waals surface area contributed by atoms with Crippen molar-refractivity contribution in [3.63, 3.8) is 0 Å². The van der Waals surface area contributed by atoms with Crippen LogP contribution in [0.25, 0.3) is 11.0 Å². The van der Waals surface area contributed by atoms with Crippen molar-refractivity contribution in [1.82, 2.24) is 20.3 Å². The van der Waals surface area contributed by atoms with E-state index in [1.54, 1.807) is 7.11 Å². The third kappa shape index (κ3) is 3.05. The molecule has 0 aliphatic heterocycles. The molecule has 1 heterocycles. The fraction of sp³-hybridized carbons (Fsp3) is 0.538. The molecule has 0 amide bonds. The van der Waals surface area contributed by atoms with E-state index in [1.807, 2.05) is 22.9 Å². The predicted molar refractivity (Wildman–Crippen MR) is 71.6 cm³/mol. The van der Waals surface area contributed by atoms with Crippen LogP contribution in [-0.4, -0.2) is 41.8 Å². The molecule has 0 saturated carbocycles. The highest BCUT2D eigenvalue weighted by Crippen LogP contribution is 2.14. The number of nitrogens with zero attached hydrogens (tertiary/aromatic N) is 3. The number of hydrogen-bond donors (Lipinski definition) is 1. The first-order chi connectivity index (χ1) is 8.83. The molecule has 2 rings (SSSR count). The van der Waals surface area contributed by atoms with Crippen LogP contribution in [0.15, 0.2) is 24.3 Å². The number of ether oxygens (including phenoxy) is 1. The van der Waals surface area contributed by atoms with Gasteiger partial charge in [-0.2, -0.15) is 0 Å². The highest BCUT2D eigenvalue weighted by Gasteiger charge is 2.09. The molecule has 1 aromatic carbocycles. The van der Waals surface area contributed by atoms with Crippen LogP contribution in [0.4, 0.5) is 0 Å². The van der Waals surface area contributed by atoms with Gasteiger partial charge in [-0.05, 0) is 32.0 Å². The lowest BCUT2D eigenvalue weighted by molar-refractivity contribution is 0.194. The van der Waals surface area contributed by atoms with Gasteiger partial charge in [0.15, 0.2) is 0 Å². The van der Waals surface area contributed by atoms with Gasteiger partial charge in [0.2, 0.25) is 0 Å². The van der Waals surface area contributed by atoms with Gasteiger partial charge in [0.25, 0.3) is 0 Å². The molecule has 0 aliphatic rings. The second-order valence-corrected chi connectivity index (χ2v) is 4.42. The van der Waals surface area contributed by atoms with E-state index in [0.29, 0.717) is 6.04 Å².